The first-order valence-corrected chi connectivity index (χ1v) is 8.74. The number of halogens is 2. The van der Waals surface area contributed by atoms with Crippen LogP contribution < -0.4 is 19.5 Å². The van der Waals surface area contributed by atoms with Crippen LogP contribution in [0.2, 0.25) is 0 Å². The first kappa shape index (κ1) is 20.0. The normalized spacial score (nSPS) is 11.6. The maximum Gasteiger partial charge on any atom is 0.258 e. The second-order valence-electron chi connectivity index (χ2n) is 5.72. The molecule has 2 rings (SSSR count). The molecule has 1 unspecified atom stereocenters. The molecular weight excluding hydrogens is 405 g/mol. The van der Waals surface area contributed by atoms with Crippen molar-refractivity contribution in [1.82, 2.24) is 5.32 Å². The smallest absolute Gasteiger partial charge is 0.258 e. The van der Waals surface area contributed by atoms with Crippen molar-refractivity contribution < 1.29 is 23.4 Å². The first-order valence-electron chi connectivity index (χ1n) is 7.95. The maximum atomic E-state index is 13.7. The van der Waals surface area contributed by atoms with Crippen molar-refractivity contribution in [3.63, 3.8) is 0 Å². The molecule has 0 fully saturated rings. The van der Waals surface area contributed by atoms with Crippen LogP contribution in [0.25, 0.3) is 0 Å². The van der Waals surface area contributed by atoms with Gasteiger partial charge in [0.1, 0.15) is 0 Å². The van der Waals surface area contributed by atoms with Crippen molar-refractivity contribution in [3.05, 3.63) is 51.7 Å². The lowest BCUT2D eigenvalue weighted by atomic mass is 10.0. The van der Waals surface area contributed by atoms with Crippen LogP contribution in [0.3, 0.4) is 0 Å². The van der Waals surface area contributed by atoms with Gasteiger partial charge in [-0.2, -0.15) is 0 Å². The Kier molecular flexibility index (Phi) is 6.85. The summed E-state index contributed by atoms with van der Waals surface area (Å²) in [7, 11) is 3.13. The lowest BCUT2D eigenvalue weighted by Crippen LogP contribution is -2.31. The second kappa shape index (κ2) is 8.89. The molecule has 2 aromatic rings. The predicted octanol–water partition coefficient (Wildman–Crippen LogP) is 4.17. The molecule has 0 bridgehead atoms. The third kappa shape index (κ3) is 4.88. The average molecular weight is 426 g/mol. The second-order valence-corrected chi connectivity index (χ2v) is 6.63. The molecule has 1 amide bonds. The molecule has 0 radical (unpaired) electrons. The zero-order chi connectivity index (χ0) is 19.3. The number of benzene rings is 2. The predicted molar refractivity (Wildman–Crippen MR) is 100 cm³/mol. The lowest BCUT2D eigenvalue weighted by Gasteiger charge is -2.19. The van der Waals surface area contributed by atoms with Crippen LogP contribution in [0.15, 0.2) is 34.8 Å². The molecule has 5 nitrogen and oxygen atoms in total. The Hall–Kier alpha value is -2.28. The molecule has 0 aromatic heterocycles. The maximum absolute atomic E-state index is 13.7. The summed E-state index contributed by atoms with van der Waals surface area (Å²) in [5, 5.41) is 2.83. The van der Waals surface area contributed by atoms with Crippen LogP contribution >= 0.6 is 15.9 Å². The van der Waals surface area contributed by atoms with Crippen LogP contribution in [0.1, 0.15) is 24.1 Å². The Balaban J connectivity index is 2.02. The number of amides is 1. The fraction of sp³-hybridized carbons (Fsp3) is 0.316. The summed E-state index contributed by atoms with van der Waals surface area (Å²) < 4.78 is 30.2. The number of hydrogen-bond acceptors (Lipinski definition) is 4. The molecule has 7 heteroatoms. The van der Waals surface area contributed by atoms with E-state index < -0.39 is 5.82 Å². The van der Waals surface area contributed by atoms with Gasteiger partial charge in [0, 0.05) is 4.47 Å². The monoisotopic (exact) mass is 425 g/mol. The minimum absolute atomic E-state index is 0.0262. The Morgan fingerprint density at radius 2 is 1.81 bits per heavy atom. The third-order valence-corrected chi connectivity index (χ3v) is 4.36. The van der Waals surface area contributed by atoms with E-state index in [0.717, 1.165) is 11.1 Å². The van der Waals surface area contributed by atoms with E-state index in [2.05, 4.69) is 21.2 Å². The van der Waals surface area contributed by atoms with Crippen molar-refractivity contribution in [2.75, 3.05) is 20.8 Å². The number of methoxy groups -OCH3 is 2. The number of aryl methyl sites for hydroxylation is 1. The van der Waals surface area contributed by atoms with Gasteiger partial charge in [-0.15, -0.1) is 0 Å². The van der Waals surface area contributed by atoms with Crippen LogP contribution in [-0.4, -0.2) is 26.7 Å². The van der Waals surface area contributed by atoms with Gasteiger partial charge in [-0.25, -0.2) is 4.39 Å². The van der Waals surface area contributed by atoms with Crippen LogP contribution in [-0.2, 0) is 4.79 Å². The Morgan fingerprint density at radius 1 is 1.15 bits per heavy atom. The highest BCUT2D eigenvalue weighted by molar-refractivity contribution is 9.10. The highest BCUT2D eigenvalue weighted by atomic mass is 79.9. The molecule has 26 heavy (non-hydrogen) atoms. The zero-order valence-electron chi connectivity index (χ0n) is 15.1. The van der Waals surface area contributed by atoms with Gasteiger partial charge in [0.25, 0.3) is 5.91 Å². The van der Waals surface area contributed by atoms with Crippen molar-refractivity contribution in [1.29, 1.82) is 0 Å². The van der Waals surface area contributed by atoms with E-state index in [4.69, 9.17) is 14.2 Å². The number of carbonyl (C=O) groups excluding carboxylic acids is 1. The molecule has 0 saturated carbocycles. The van der Waals surface area contributed by atoms with E-state index >= 15 is 0 Å². The highest BCUT2D eigenvalue weighted by Crippen LogP contribution is 2.32. The summed E-state index contributed by atoms with van der Waals surface area (Å²) in [5.74, 6) is 0.354. The number of rotatable bonds is 7. The molecule has 0 heterocycles. The Bertz CT molecular complexity index is 797. The molecule has 1 N–H and O–H groups in total. The van der Waals surface area contributed by atoms with Crippen molar-refractivity contribution >= 4 is 21.8 Å². The van der Waals surface area contributed by atoms with Crippen molar-refractivity contribution in [3.8, 4) is 17.2 Å². The minimum atomic E-state index is -0.532. The number of hydrogen-bond donors (Lipinski definition) is 1. The van der Waals surface area contributed by atoms with E-state index in [1.165, 1.54) is 12.1 Å². The van der Waals surface area contributed by atoms with Gasteiger partial charge < -0.3 is 19.5 Å². The highest BCUT2D eigenvalue weighted by Gasteiger charge is 2.16. The molecule has 0 saturated heterocycles. The summed E-state index contributed by atoms with van der Waals surface area (Å²) in [4.78, 5) is 12.1. The van der Waals surface area contributed by atoms with Gasteiger partial charge in [-0.3, -0.25) is 4.79 Å². The van der Waals surface area contributed by atoms with Gasteiger partial charge >= 0.3 is 0 Å². The lowest BCUT2D eigenvalue weighted by molar-refractivity contribution is -0.123. The topological polar surface area (TPSA) is 56.8 Å². The molecular formula is C19H21BrFNO4. The molecule has 0 aliphatic heterocycles. The van der Waals surface area contributed by atoms with E-state index in [9.17, 15) is 9.18 Å². The van der Waals surface area contributed by atoms with Gasteiger partial charge in [-0.05, 0) is 55.3 Å². The molecule has 0 aliphatic carbocycles. The van der Waals surface area contributed by atoms with E-state index in [0.29, 0.717) is 16.0 Å². The largest absolute Gasteiger partial charge is 0.493 e. The first-order chi connectivity index (χ1) is 12.3. The molecule has 0 aliphatic rings. The molecule has 1 atom stereocenters. The summed E-state index contributed by atoms with van der Waals surface area (Å²) in [6.45, 7) is 3.50. The molecule has 2 aromatic carbocycles. The fourth-order valence-corrected chi connectivity index (χ4v) is 2.89. The molecule has 0 spiro atoms. The Labute approximate surface area is 160 Å². The average Bonchev–Trinajstić information content (AvgIpc) is 2.60. The number of carbonyl (C=O) groups is 1. The van der Waals surface area contributed by atoms with Crippen molar-refractivity contribution in [2.45, 2.75) is 19.9 Å². The van der Waals surface area contributed by atoms with Crippen LogP contribution in [0, 0.1) is 12.7 Å². The Morgan fingerprint density at radius 3 is 2.42 bits per heavy atom. The third-order valence-electron chi connectivity index (χ3n) is 3.87. The number of nitrogens with one attached hydrogen (secondary N) is 1. The zero-order valence-corrected chi connectivity index (χ0v) is 16.6. The van der Waals surface area contributed by atoms with Crippen molar-refractivity contribution in [2.24, 2.45) is 0 Å². The minimum Gasteiger partial charge on any atom is -0.493 e. The van der Waals surface area contributed by atoms with Gasteiger partial charge in [0.2, 0.25) is 0 Å². The van der Waals surface area contributed by atoms with E-state index in [-0.39, 0.29) is 24.3 Å². The standard InChI is InChI=1S/C19H21BrFNO4/c1-11-7-17(24-3)18(25-4)9-14(11)12(2)22-19(23)10-26-16-6-5-13(20)8-15(16)21/h5-9,12H,10H2,1-4H3,(H,22,23). The van der Waals surface area contributed by atoms with Crippen LogP contribution in [0.5, 0.6) is 17.2 Å². The van der Waals surface area contributed by atoms with E-state index in [1.807, 2.05) is 26.0 Å². The summed E-state index contributed by atoms with van der Waals surface area (Å²) >= 11 is 3.17. The summed E-state index contributed by atoms with van der Waals surface area (Å²) in [6, 6.07) is 7.79. The van der Waals surface area contributed by atoms with Gasteiger partial charge in [0.05, 0.1) is 20.3 Å². The summed E-state index contributed by atoms with van der Waals surface area (Å²) in [5.41, 5.74) is 1.85. The van der Waals surface area contributed by atoms with Crippen LogP contribution in [0.4, 0.5) is 4.39 Å². The van der Waals surface area contributed by atoms with Gasteiger partial charge in [-0.1, -0.05) is 15.9 Å². The SMILES string of the molecule is COc1cc(C)c(C(C)NC(=O)COc2ccc(Br)cc2F)cc1OC. The summed E-state index contributed by atoms with van der Waals surface area (Å²) in [6.07, 6.45) is 0. The van der Waals surface area contributed by atoms with E-state index in [1.54, 1.807) is 20.3 Å². The number of ether oxygens (including phenoxy) is 3. The molecule has 140 valence electrons. The fourth-order valence-electron chi connectivity index (χ4n) is 2.56. The quantitative estimate of drug-likeness (QED) is 0.722. The van der Waals surface area contributed by atoms with Gasteiger partial charge in [0.15, 0.2) is 29.7 Å².